The number of carbonyl (C=O) groups is 2. The molecular formula is C23H13ClF3N7O3. The molecule has 0 saturated heterocycles. The van der Waals surface area contributed by atoms with Gasteiger partial charge in [0, 0.05) is 17.3 Å². The summed E-state index contributed by atoms with van der Waals surface area (Å²) in [6.07, 6.45) is -1.54. The molecule has 0 unspecified atom stereocenters. The molecule has 0 atom stereocenters. The molecular weight excluding hydrogens is 515 g/mol. The minimum atomic E-state index is -4.91. The van der Waals surface area contributed by atoms with E-state index in [0.29, 0.717) is 15.6 Å². The van der Waals surface area contributed by atoms with Crippen molar-refractivity contribution in [3.63, 3.8) is 0 Å². The van der Waals surface area contributed by atoms with Crippen LogP contribution in [0.2, 0.25) is 5.02 Å². The summed E-state index contributed by atoms with van der Waals surface area (Å²) in [7, 11) is 0. The Kier molecular flexibility index (Phi) is 5.84. The highest BCUT2D eigenvalue weighted by molar-refractivity contribution is 6.32. The van der Waals surface area contributed by atoms with E-state index in [9.17, 15) is 22.8 Å². The van der Waals surface area contributed by atoms with Gasteiger partial charge in [0.2, 0.25) is 0 Å². The lowest BCUT2D eigenvalue weighted by molar-refractivity contribution is -0.143. The molecule has 0 aliphatic heterocycles. The summed E-state index contributed by atoms with van der Waals surface area (Å²) in [6, 6.07) is 11.8. The third-order valence-electron chi connectivity index (χ3n) is 5.27. The minimum absolute atomic E-state index is 0.0142. The maximum absolute atomic E-state index is 14.2. The van der Waals surface area contributed by atoms with Crippen LogP contribution in [-0.4, -0.2) is 46.7 Å². The summed E-state index contributed by atoms with van der Waals surface area (Å²) in [6.45, 7) is 0. The van der Waals surface area contributed by atoms with Crippen molar-refractivity contribution in [3.05, 3.63) is 89.1 Å². The highest BCUT2D eigenvalue weighted by Gasteiger charge is 2.41. The van der Waals surface area contributed by atoms with Crippen LogP contribution in [0.3, 0.4) is 0 Å². The predicted molar refractivity (Wildman–Crippen MR) is 125 cm³/mol. The van der Waals surface area contributed by atoms with Crippen molar-refractivity contribution in [1.82, 2.24) is 29.8 Å². The van der Waals surface area contributed by atoms with E-state index in [1.807, 2.05) is 0 Å². The molecule has 186 valence electrons. The lowest BCUT2D eigenvalue weighted by atomic mass is 10.1. The highest BCUT2D eigenvalue weighted by Crippen LogP contribution is 2.35. The number of carboxylic acid groups (broad SMARTS) is 1. The fourth-order valence-electron chi connectivity index (χ4n) is 3.66. The SMILES string of the molecule is O=C(O)c1cnn(-c2ccc(NC(=O)c3cnn(-c4cccc5ncccc45)c3C(F)(F)F)cc2Cl)n1. The number of aromatic carboxylic acids is 1. The number of benzene rings is 2. The zero-order chi connectivity index (χ0) is 26.3. The first-order valence-electron chi connectivity index (χ1n) is 10.4. The number of halogens is 4. The molecule has 1 amide bonds. The van der Waals surface area contributed by atoms with E-state index < -0.39 is 29.3 Å². The van der Waals surface area contributed by atoms with Crippen molar-refractivity contribution in [1.29, 1.82) is 0 Å². The number of hydrogen-bond donors (Lipinski definition) is 2. The van der Waals surface area contributed by atoms with Gasteiger partial charge in [0.1, 0.15) is 5.69 Å². The average Bonchev–Trinajstić information content (AvgIpc) is 3.52. The van der Waals surface area contributed by atoms with E-state index in [-0.39, 0.29) is 27.8 Å². The molecule has 3 heterocycles. The van der Waals surface area contributed by atoms with Gasteiger partial charge in [-0.25, -0.2) is 9.48 Å². The fraction of sp³-hybridized carbons (Fsp3) is 0.0435. The van der Waals surface area contributed by atoms with Crippen molar-refractivity contribution < 1.29 is 27.9 Å². The third-order valence-corrected chi connectivity index (χ3v) is 5.57. The molecule has 2 aromatic carbocycles. The Morgan fingerprint density at radius 2 is 1.81 bits per heavy atom. The standard InChI is InChI=1S/C23H13ClF3N7O3/c24-15-9-12(6-7-19(15)34-30-11-17(32-34)22(36)37)31-21(35)14-10-29-33(20(14)23(25,26)27)18-5-1-4-16-13(18)3-2-8-28-16/h1-11H,(H,31,35)(H,36,37). The topological polar surface area (TPSA) is 128 Å². The first-order valence-corrected chi connectivity index (χ1v) is 10.8. The van der Waals surface area contributed by atoms with Crippen LogP contribution in [0.4, 0.5) is 18.9 Å². The first-order chi connectivity index (χ1) is 17.6. The molecule has 5 rings (SSSR count). The van der Waals surface area contributed by atoms with Gasteiger partial charge >= 0.3 is 12.1 Å². The normalized spacial score (nSPS) is 11.6. The quantitative estimate of drug-likeness (QED) is 0.341. The van der Waals surface area contributed by atoms with Gasteiger partial charge < -0.3 is 10.4 Å². The third kappa shape index (κ3) is 4.47. The monoisotopic (exact) mass is 527 g/mol. The summed E-state index contributed by atoms with van der Waals surface area (Å²) in [5, 5.41) is 23.2. The molecule has 0 fully saturated rings. The van der Waals surface area contributed by atoms with Crippen molar-refractivity contribution >= 4 is 40.1 Å². The predicted octanol–water partition coefficient (Wildman–Crippen LogP) is 4.62. The molecule has 0 spiro atoms. The van der Waals surface area contributed by atoms with Gasteiger partial charge in [-0.15, -0.1) is 9.90 Å². The molecule has 0 aliphatic carbocycles. The van der Waals surface area contributed by atoms with Crippen LogP contribution in [0, 0.1) is 0 Å². The second kappa shape index (κ2) is 9.02. The number of anilines is 1. The molecule has 3 aromatic heterocycles. The minimum Gasteiger partial charge on any atom is -0.476 e. The molecule has 0 bridgehead atoms. The van der Waals surface area contributed by atoms with Gasteiger partial charge in [0.25, 0.3) is 5.91 Å². The number of carbonyl (C=O) groups excluding carboxylic acids is 1. The number of pyridine rings is 1. The average molecular weight is 528 g/mol. The first kappa shape index (κ1) is 23.9. The number of carboxylic acids is 1. The second-order valence-electron chi connectivity index (χ2n) is 7.61. The Hall–Kier alpha value is -4.78. The number of aromatic nitrogens is 6. The van der Waals surface area contributed by atoms with Gasteiger partial charge in [-0.1, -0.05) is 17.7 Å². The molecule has 2 N–H and O–H groups in total. The van der Waals surface area contributed by atoms with Gasteiger partial charge in [0.05, 0.1) is 34.2 Å². The largest absolute Gasteiger partial charge is 0.476 e. The summed E-state index contributed by atoms with van der Waals surface area (Å²) in [5.41, 5.74) is -1.42. The number of fused-ring (bicyclic) bond motifs is 1. The van der Waals surface area contributed by atoms with E-state index in [1.54, 1.807) is 24.3 Å². The number of nitrogens with zero attached hydrogens (tertiary/aromatic N) is 6. The number of rotatable bonds is 5. The molecule has 14 heteroatoms. The summed E-state index contributed by atoms with van der Waals surface area (Å²) < 4.78 is 43.1. The van der Waals surface area contributed by atoms with Crippen molar-refractivity contribution in [2.75, 3.05) is 5.32 Å². The Morgan fingerprint density at radius 1 is 1.00 bits per heavy atom. The van der Waals surface area contributed by atoms with Crippen LogP contribution in [0.25, 0.3) is 22.3 Å². The lowest BCUT2D eigenvalue weighted by Gasteiger charge is -2.14. The second-order valence-corrected chi connectivity index (χ2v) is 8.02. The van der Waals surface area contributed by atoms with E-state index in [2.05, 4.69) is 25.6 Å². The number of hydrogen-bond acceptors (Lipinski definition) is 6. The van der Waals surface area contributed by atoms with Gasteiger partial charge in [-0.05, 0) is 42.5 Å². The van der Waals surface area contributed by atoms with E-state index >= 15 is 0 Å². The molecule has 10 nitrogen and oxygen atoms in total. The lowest BCUT2D eigenvalue weighted by Crippen LogP contribution is -2.21. The smallest absolute Gasteiger partial charge is 0.434 e. The Bertz CT molecular complexity index is 1670. The van der Waals surface area contributed by atoms with Crippen LogP contribution in [0.15, 0.2) is 67.1 Å². The Balaban J connectivity index is 1.49. The fourth-order valence-corrected chi connectivity index (χ4v) is 3.92. The molecule has 0 saturated carbocycles. The van der Waals surface area contributed by atoms with E-state index in [4.69, 9.17) is 16.7 Å². The van der Waals surface area contributed by atoms with Gasteiger partial charge in [0.15, 0.2) is 11.4 Å². The maximum atomic E-state index is 14.2. The number of alkyl halides is 3. The molecule has 37 heavy (non-hydrogen) atoms. The van der Waals surface area contributed by atoms with Crippen molar-refractivity contribution in [2.45, 2.75) is 6.18 Å². The van der Waals surface area contributed by atoms with Gasteiger partial charge in [-0.3, -0.25) is 9.78 Å². The van der Waals surface area contributed by atoms with Crippen LogP contribution < -0.4 is 5.32 Å². The van der Waals surface area contributed by atoms with Crippen LogP contribution in [-0.2, 0) is 6.18 Å². The van der Waals surface area contributed by atoms with Gasteiger partial charge in [-0.2, -0.15) is 23.4 Å². The summed E-state index contributed by atoms with van der Waals surface area (Å²) in [4.78, 5) is 29.1. The Morgan fingerprint density at radius 3 is 2.51 bits per heavy atom. The van der Waals surface area contributed by atoms with Crippen LogP contribution in [0.5, 0.6) is 0 Å². The summed E-state index contributed by atoms with van der Waals surface area (Å²) in [5.74, 6) is -2.35. The summed E-state index contributed by atoms with van der Waals surface area (Å²) >= 11 is 6.22. The van der Waals surface area contributed by atoms with E-state index in [1.165, 1.54) is 30.5 Å². The molecule has 0 aliphatic rings. The zero-order valence-corrected chi connectivity index (χ0v) is 19.1. The van der Waals surface area contributed by atoms with Crippen molar-refractivity contribution in [2.24, 2.45) is 0 Å². The molecule has 5 aromatic rings. The Labute approximate surface area is 209 Å². The van der Waals surface area contributed by atoms with Crippen molar-refractivity contribution in [3.8, 4) is 11.4 Å². The zero-order valence-electron chi connectivity index (χ0n) is 18.3. The molecule has 0 radical (unpaired) electrons. The van der Waals surface area contributed by atoms with Crippen LogP contribution >= 0.6 is 11.6 Å². The maximum Gasteiger partial charge on any atom is 0.434 e. The highest BCUT2D eigenvalue weighted by atomic mass is 35.5. The number of nitrogens with one attached hydrogen (secondary N) is 1. The van der Waals surface area contributed by atoms with Crippen LogP contribution in [0.1, 0.15) is 26.5 Å². The number of amides is 1. The van der Waals surface area contributed by atoms with E-state index in [0.717, 1.165) is 17.2 Å².